The van der Waals surface area contributed by atoms with Gasteiger partial charge in [0, 0.05) is 19.0 Å². The van der Waals surface area contributed by atoms with Gasteiger partial charge in [-0.25, -0.2) is 0 Å². The lowest BCUT2D eigenvalue weighted by Crippen LogP contribution is -2.41. The molecule has 7 heteroatoms. The summed E-state index contributed by atoms with van der Waals surface area (Å²) in [5, 5.41) is 0. The normalized spacial score (nSPS) is 27.7. The van der Waals surface area contributed by atoms with Crippen molar-refractivity contribution in [2.45, 2.75) is 0 Å². The predicted molar refractivity (Wildman–Crippen MR) is 82.1 cm³/mol. The van der Waals surface area contributed by atoms with Gasteiger partial charge < -0.3 is 23.8 Å². The monoisotopic (exact) mass is 333 g/mol. The lowest BCUT2D eigenvalue weighted by Gasteiger charge is -2.25. The molecule has 0 bridgehead atoms. The summed E-state index contributed by atoms with van der Waals surface area (Å²) in [6, 6.07) is 5.29. The van der Waals surface area contributed by atoms with Crippen LogP contribution in [0.2, 0.25) is 0 Å². The van der Waals surface area contributed by atoms with Crippen molar-refractivity contribution >= 4 is 11.9 Å². The van der Waals surface area contributed by atoms with E-state index in [0.717, 1.165) is 0 Å². The molecular weight excluding hydrogens is 314 g/mol. The number of para-hydroxylation sites is 1. The zero-order valence-electron chi connectivity index (χ0n) is 13.4. The van der Waals surface area contributed by atoms with Gasteiger partial charge in [-0.05, 0) is 12.1 Å². The summed E-state index contributed by atoms with van der Waals surface area (Å²) in [6.45, 7) is 2.41. The molecule has 1 aromatic rings. The maximum absolute atomic E-state index is 13.0. The minimum Gasteiger partial charge on any atom is -0.486 e. The van der Waals surface area contributed by atoms with E-state index in [1.54, 1.807) is 23.1 Å². The average Bonchev–Trinajstić information content (AvgIpc) is 3.18. The summed E-state index contributed by atoms with van der Waals surface area (Å²) in [4.78, 5) is 27.0. The lowest BCUT2D eigenvalue weighted by atomic mass is 9.81. The van der Waals surface area contributed by atoms with Crippen LogP contribution in [0.4, 0.5) is 0 Å². The van der Waals surface area contributed by atoms with Crippen molar-refractivity contribution < 1.29 is 28.5 Å². The second-order valence-electron chi connectivity index (χ2n) is 6.38. The predicted octanol–water partition coefficient (Wildman–Crippen LogP) is 0.719. The van der Waals surface area contributed by atoms with Gasteiger partial charge in [-0.1, -0.05) is 6.07 Å². The third-order valence-corrected chi connectivity index (χ3v) is 5.05. The summed E-state index contributed by atoms with van der Waals surface area (Å²) in [6.07, 6.45) is 0. The molecule has 0 N–H and O–H groups in total. The van der Waals surface area contributed by atoms with E-state index in [1.807, 2.05) is 0 Å². The number of amides is 1. The number of hydrogen-bond acceptors (Lipinski definition) is 6. The maximum Gasteiger partial charge on any atom is 0.316 e. The van der Waals surface area contributed by atoms with Crippen molar-refractivity contribution in [1.29, 1.82) is 0 Å². The second kappa shape index (κ2) is 5.66. The van der Waals surface area contributed by atoms with Gasteiger partial charge in [0.2, 0.25) is 0 Å². The number of fused-ring (bicyclic) bond motifs is 2. The van der Waals surface area contributed by atoms with Gasteiger partial charge in [-0.2, -0.15) is 0 Å². The Balaban J connectivity index is 1.62. The first-order chi connectivity index (χ1) is 11.7. The summed E-state index contributed by atoms with van der Waals surface area (Å²) < 4.78 is 21.6. The van der Waals surface area contributed by atoms with E-state index in [2.05, 4.69) is 0 Å². The molecule has 1 amide bonds. The molecule has 7 nitrogen and oxygen atoms in total. The first-order valence-corrected chi connectivity index (χ1v) is 8.00. The molecule has 128 valence electrons. The van der Waals surface area contributed by atoms with Crippen LogP contribution in [0.15, 0.2) is 18.2 Å². The van der Waals surface area contributed by atoms with Gasteiger partial charge in [0.05, 0.1) is 25.9 Å². The van der Waals surface area contributed by atoms with Crippen LogP contribution in [0.3, 0.4) is 0 Å². The van der Waals surface area contributed by atoms with Crippen molar-refractivity contribution in [3.8, 4) is 11.5 Å². The van der Waals surface area contributed by atoms with Crippen LogP contribution in [0, 0.1) is 11.3 Å². The third-order valence-electron chi connectivity index (χ3n) is 5.05. The molecule has 3 heterocycles. The summed E-state index contributed by atoms with van der Waals surface area (Å²) in [7, 11) is 1.37. The number of likely N-dealkylation sites (tertiary alicyclic amines) is 1. The molecule has 1 aromatic carbocycles. The quantitative estimate of drug-likeness (QED) is 0.743. The largest absolute Gasteiger partial charge is 0.486 e. The van der Waals surface area contributed by atoms with Crippen molar-refractivity contribution in [3.05, 3.63) is 23.8 Å². The van der Waals surface area contributed by atoms with Crippen molar-refractivity contribution in [1.82, 2.24) is 4.90 Å². The lowest BCUT2D eigenvalue weighted by molar-refractivity contribution is -0.153. The van der Waals surface area contributed by atoms with Crippen LogP contribution in [0.1, 0.15) is 10.4 Å². The van der Waals surface area contributed by atoms with Gasteiger partial charge in [-0.3, -0.25) is 9.59 Å². The van der Waals surface area contributed by atoms with Crippen molar-refractivity contribution in [2.75, 3.05) is 46.6 Å². The van der Waals surface area contributed by atoms with Gasteiger partial charge in [0.1, 0.15) is 18.6 Å². The minimum absolute atomic E-state index is 0.0365. The second-order valence-corrected chi connectivity index (χ2v) is 6.38. The summed E-state index contributed by atoms with van der Waals surface area (Å²) >= 11 is 0. The highest BCUT2D eigenvalue weighted by molar-refractivity contribution is 5.98. The molecule has 24 heavy (non-hydrogen) atoms. The average molecular weight is 333 g/mol. The molecule has 4 rings (SSSR count). The molecule has 2 fully saturated rings. The Morgan fingerprint density at radius 3 is 2.96 bits per heavy atom. The number of hydrogen-bond donors (Lipinski definition) is 0. The van der Waals surface area contributed by atoms with Crippen LogP contribution in [-0.4, -0.2) is 63.4 Å². The molecule has 3 aliphatic rings. The van der Waals surface area contributed by atoms with Crippen LogP contribution in [0.25, 0.3) is 0 Å². The molecule has 0 spiro atoms. The van der Waals surface area contributed by atoms with Crippen LogP contribution in [0.5, 0.6) is 11.5 Å². The first kappa shape index (κ1) is 15.3. The van der Waals surface area contributed by atoms with Crippen LogP contribution >= 0.6 is 0 Å². The molecule has 0 aliphatic carbocycles. The Labute approximate surface area is 139 Å². The fourth-order valence-electron chi connectivity index (χ4n) is 3.79. The number of ether oxygens (including phenoxy) is 4. The first-order valence-electron chi connectivity index (χ1n) is 8.00. The Kier molecular flexibility index (Phi) is 3.60. The standard InChI is InChI=1S/C17H19NO6/c1-21-16(20)17-9-18(7-11(17)8-22-10-17)15(19)12-3-2-4-13-14(12)24-6-5-23-13/h2-4,11H,5-10H2,1H3/t11-,17-/m0/s1. The molecular formula is C17H19NO6. The highest BCUT2D eigenvalue weighted by atomic mass is 16.6. The van der Waals surface area contributed by atoms with Gasteiger partial charge >= 0.3 is 5.97 Å². The number of esters is 1. The fourth-order valence-corrected chi connectivity index (χ4v) is 3.79. The highest BCUT2D eigenvalue weighted by Gasteiger charge is 2.57. The van der Waals surface area contributed by atoms with E-state index >= 15 is 0 Å². The molecule has 0 aromatic heterocycles. The fraction of sp³-hybridized carbons (Fsp3) is 0.529. The Morgan fingerprint density at radius 2 is 2.12 bits per heavy atom. The molecule has 2 atom stereocenters. The Bertz CT molecular complexity index is 690. The molecule has 0 radical (unpaired) electrons. The highest BCUT2D eigenvalue weighted by Crippen LogP contribution is 2.43. The number of methoxy groups -OCH3 is 1. The number of benzene rings is 1. The maximum atomic E-state index is 13.0. The van der Waals surface area contributed by atoms with E-state index in [0.29, 0.717) is 56.6 Å². The van der Waals surface area contributed by atoms with Gasteiger partial charge in [0.15, 0.2) is 11.5 Å². The molecule has 3 aliphatic heterocycles. The Hall–Kier alpha value is -2.28. The zero-order chi connectivity index (χ0) is 16.7. The summed E-state index contributed by atoms with van der Waals surface area (Å²) in [5.74, 6) is 0.558. The Morgan fingerprint density at radius 1 is 1.29 bits per heavy atom. The SMILES string of the molecule is COC(=O)[C@@]12COC[C@@H]1CN(C(=O)c1cccc3c1OCCO3)C2. The number of rotatable bonds is 2. The van der Waals surface area contributed by atoms with Crippen molar-refractivity contribution in [2.24, 2.45) is 11.3 Å². The van der Waals surface area contributed by atoms with E-state index in [-0.39, 0.29) is 17.8 Å². The third kappa shape index (κ3) is 2.15. The smallest absolute Gasteiger partial charge is 0.316 e. The van der Waals surface area contributed by atoms with E-state index in [9.17, 15) is 9.59 Å². The van der Waals surface area contributed by atoms with E-state index in [1.165, 1.54) is 7.11 Å². The zero-order valence-corrected chi connectivity index (χ0v) is 13.4. The number of carbonyl (C=O) groups is 2. The van der Waals surface area contributed by atoms with Gasteiger partial charge in [0.25, 0.3) is 5.91 Å². The van der Waals surface area contributed by atoms with E-state index in [4.69, 9.17) is 18.9 Å². The molecule has 0 unspecified atom stereocenters. The molecule has 2 saturated heterocycles. The van der Waals surface area contributed by atoms with E-state index < -0.39 is 5.41 Å². The number of carbonyl (C=O) groups excluding carboxylic acids is 2. The number of nitrogens with zero attached hydrogens (tertiary/aromatic N) is 1. The minimum atomic E-state index is -0.753. The van der Waals surface area contributed by atoms with Crippen molar-refractivity contribution in [3.63, 3.8) is 0 Å². The van der Waals surface area contributed by atoms with Crippen LogP contribution < -0.4 is 9.47 Å². The van der Waals surface area contributed by atoms with Gasteiger partial charge in [-0.15, -0.1) is 0 Å². The topological polar surface area (TPSA) is 74.3 Å². The summed E-state index contributed by atoms with van der Waals surface area (Å²) in [5.41, 5.74) is -0.288. The molecule has 0 saturated carbocycles. The van der Waals surface area contributed by atoms with Crippen LogP contribution in [-0.2, 0) is 14.3 Å².